The lowest BCUT2D eigenvalue weighted by Crippen LogP contribution is -2.33. The molecule has 1 unspecified atom stereocenters. The smallest absolute Gasteiger partial charge is 0.272 e. The van der Waals surface area contributed by atoms with Gasteiger partial charge in [-0.25, -0.2) is 9.97 Å². The predicted octanol–water partition coefficient (Wildman–Crippen LogP) is 5.30. The van der Waals surface area contributed by atoms with E-state index in [0.717, 1.165) is 36.1 Å². The molecule has 0 bridgehead atoms. The van der Waals surface area contributed by atoms with E-state index in [1.807, 2.05) is 35.2 Å². The van der Waals surface area contributed by atoms with Crippen molar-refractivity contribution in [2.24, 2.45) is 0 Å². The molecule has 0 N–H and O–H groups in total. The van der Waals surface area contributed by atoms with Gasteiger partial charge in [-0.1, -0.05) is 61.9 Å². The van der Waals surface area contributed by atoms with Gasteiger partial charge in [-0.15, -0.1) is 11.3 Å². The molecule has 4 aromatic rings. The van der Waals surface area contributed by atoms with E-state index in [4.69, 9.17) is 4.98 Å². The zero-order valence-electron chi connectivity index (χ0n) is 19.3. The number of rotatable bonds is 6. The summed E-state index contributed by atoms with van der Waals surface area (Å²) in [6, 6.07) is 14.0. The van der Waals surface area contributed by atoms with Crippen LogP contribution in [-0.4, -0.2) is 44.2 Å². The molecule has 6 nitrogen and oxygen atoms in total. The van der Waals surface area contributed by atoms with Gasteiger partial charge in [0, 0.05) is 31.2 Å². The molecule has 0 radical (unpaired) electrons. The van der Waals surface area contributed by atoms with Gasteiger partial charge in [-0.3, -0.25) is 14.2 Å². The number of fused-ring (bicyclic) bond motifs is 3. The highest BCUT2D eigenvalue weighted by Gasteiger charge is 2.21. The number of carbonyl (C=O) groups is 1. The standard InChI is InChI=1S/C26H28N4O2S2/c1-18(19-10-5-4-6-11-19)16-30-25(32)23-22(20-12-9-13-27-24(20)34-23)28-26(30)33-17-21(31)29-14-7-2-3-8-15-29/h4-6,9-13,18H,2-3,7-8,14-17H2,1H3. The molecule has 1 aliphatic rings. The Hall–Kier alpha value is -2.71. The molecule has 0 aliphatic carbocycles. The van der Waals surface area contributed by atoms with E-state index in [1.54, 1.807) is 10.8 Å². The van der Waals surface area contributed by atoms with Gasteiger partial charge in [0.2, 0.25) is 5.91 Å². The van der Waals surface area contributed by atoms with Gasteiger partial charge in [0.15, 0.2) is 5.16 Å². The minimum Gasteiger partial charge on any atom is -0.342 e. The molecule has 4 heterocycles. The molecule has 8 heteroatoms. The predicted molar refractivity (Wildman–Crippen MR) is 140 cm³/mol. The molecule has 176 valence electrons. The first kappa shape index (κ1) is 23.1. The number of amides is 1. The maximum absolute atomic E-state index is 13.7. The first-order valence-corrected chi connectivity index (χ1v) is 13.7. The first-order valence-electron chi connectivity index (χ1n) is 11.9. The normalized spacial score (nSPS) is 15.5. The number of likely N-dealkylation sites (tertiary alicyclic amines) is 1. The molecule has 1 aliphatic heterocycles. The van der Waals surface area contributed by atoms with Gasteiger partial charge in [0.05, 0.1) is 11.3 Å². The Kier molecular flexibility index (Phi) is 6.97. The molecule has 5 rings (SSSR count). The van der Waals surface area contributed by atoms with Crippen LogP contribution in [0.3, 0.4) is 0 Å². The minimum absolute atomic E-state index is 0.0551. The van der Waals surface area contributed by atoms with Crippen LogP contribution in [-0.2, 0) is 11.3 Å². The summed E-state index contributed by atoms with van der Waals surface area (Å²) in [6.07, 6.45) is 6.24. The zero-order valence-corrected chi connectivity index (χ0v) is 20.9. The number of benzene rings is 1. The molecule has 34 heavy (non-hydrogen) atoms. The van der Waals surface area contributed by atoms with Gasteiger partial charge in [-0.2, -0.15) is 0 Å². The van der Waals surface area contributed by atoms with Crippen molar-refractivity contribution in [1.29, 1.82) is 0 Å². The SMILES string of the molecule is CC(Cn1c(SCC(=O)N2CCCCCC2)nc2c(sc3ncccc32)c1=O)c1ccccc1. The van der Waals surface area contributed by atoms with Crippen LogP contribution in [0.15, 0.2) is 58.6 Å². The average Bonchev–Trinajstić information content (AvgIpc) is 3.03. The van der Waals surface area contributed by atoms with Gasteiger partial charge in [0.25, 0.3) is 5.56 Å². The van der Waals surface area contributed by atoms with Crippen LogP contribution in [0.4, 0.5) is 0 Å². The van der Waals surface area contributed by atoms with Crippen LogP contribution in [0.5, 0.6) is 0 Å². The van der Waals surface area contributed by atoms with E-state index >= 15 is 0 Å². The maximum Gasteiger partial charge on any atom is 0.272 e. The van der Waals surface area contributed by atoms with Crippen molar-refractivity contribution in [2.45, 2.75) is 50.2 Å². The van der Waals surface area contributed by atoms with E-state index in [0.29, 0.717) is 21.9 Å². The molecule has 0 saturated carbocycles. The maximum atomic E-state index is 13.7. The Morgan fingerprint density at radius 2 is 1.85 bits per heavy atom. The minimum atomic E-state index is -0.0551. The summed E-state index contributed by atoms with van der Waals surface area (Å²) < 4.78 is 2.38. The Bertz CT molecular complexity index is 1360. The first-order chi connectivity index (χ1) is 16.6. The van der Waals surface area contributed by atoms with Crippen LogP contribution in [0.2, 0.25) is 0 Å². The Morgan fingerprint density at radius 1 is 1.09 bits per heavy atom. The van der Waals surface area contributed by atoms with Crippen molar-refractivity contribution in [1.82, 2.24) is 19.4 Å². The van der Waals surface area contributed by atoms with E-state index in [2.05, 4.69) is 24.0 Å². The lowest BCUT2D eigenvalue weighted by molar-refractivity contribution is -0.128. The number of carbonyl (C=O) groups excluding carboxylic acids is 1. The summed E-state index contributed by atoms with van der Waals surface area (Å²) in [4.78, 5) is 38.8. The van der Waals surface area contributed by atoms with E-state index in [-0.39, 0.29) is 23.1 Å². The lowest BCUT2D eigenvalue weighted by Gasteiger charge is -2.21. The summed E-state index contributed by atoms with van der Waals surface area (Å²) in [5, 5.41) is 1.50. The largest absolute Gasteiger partial charge is 0.342 e. The second-order valence-electron chi connectivity index (χ2n) is 8.84. The zero-order chi connectivity index (χ0) is 23.5. The summed E-state index contributed by atoms with van der Waals surface area (Å²) in [7, 11) is 0. The molecule has 1 atom stereocenters. The molecular formula is C26H28N4O2S2. The highest BCUT2D eigenvalue weighted by atomic mass is 32.2. The van der Waals surface area contributed by atoms with Crippen molar-refractivity contribution >= 4 is 49.4 Å². The number of nitrogens with zero attached hydrogens (tertiary/aromatic N) is 4. The fraction of sp³-hybridized carbons (Fsp3) is 0.385. The van der Waals surface area contributed by atoms with Crippen molar-refractivity contribution in [3.63, 3.8) is 0 Å². The van der Waals surface area contributed by atoms with Crippen LogP contribution in [0.25, 0.3) is 20.4 Å². The van der Waals surface area contributed by atoms with Crippen molar-refractivity contribution in [3.8, 4) is 0 Å². The van der Waals surface area contributed by atoms with E-state index in [9.17, 15) is 9.59 Å². The van der Waals surface area contributed by atoms with Gasteiger partial charge >= 0.3 is 0 Å². The van der Waals surface area contributed by atoms with Crippen LogP contribution < -0.4 is 5.56 Å². The third-order valence-electron chi connectivity index (χ3n) is 6.43. The Morgan fingerprint density at radius 3 is 2.62 bits per heavy atom. The molecular weight excluding hydrogens is 464 g/mol. The second kappa shape index (κ2) is 10.3. The molecule has 1 fully saturated rings. The van der Waals surface area contributed by atoms with Crippen molar-refractivity contribution in [3.05, 3.63) is 64.6 Å². The summed E-state index contributed by atoms with van der Waals surface area (Å²) in [5.74, 6) is 0.546. The highest BCUT2D eigenvalue weighted by Crippen LogP contribution is 2.31. The second-order valence-corrected chi connectivity index (χ2v) is 10.8. The number of hydrogen-bond donors (Lipinski definition) is 0. The molecule has 1 saturated heterocycles. The van der Waals surface area contributed by atoms with Crippen molar-refractivity contribution < 1.29 is 4.79 Å². The van der Waals surface area contributed by atoms with Gasteiger partial charge < -0.3 is 4.90 Å². The number of hydrogen-bond acceptors (Lipinski definition) is 6. The summed E-state index contributed by atoms with van der Waals surface area (Å²) in [5.41, 5.74) is 1.80. The lowest BCUT2D eigenvalue weighted by atomic mass is 10.0. The third kappa shape index (κ3) is 4.74. The molecule has 1 amide bonds. The highest BCUT2D eigenvalue weighted by molar-refractivity contribution is 7.99. The average molecular weight is 493 g/mol. The van der Waals surface area contributed by atoms with E-state index in [1.165, 1.54) is 41.5 Å². The fourth-order valence-corrected chi connectivity index (χ4v) is 6.45. The van der Waals surface area contributed by atoms with Gasteiger partial charge in [0.1, 0.15) is 9.53 Å². The van der Waals surface area contributed by atoms with Crippen LogP contribution >= 0.6 is 23.1 Å². The summed E-state index contributed by atoms with van der Waals surface area (Å²) >= 11 is 2.77. The van der Waals surface area contributed by atoms with Crippen molar-refractivity contribution in [2.75, 3.05) is 18.8 Å². The fourth-order valence-electron chi connectivity index (χ4n) is 4.51. The molecule has 0 spiro atoms. The third-order valence-corrected chi connectivity index (χ3v) is 8.48. The van der Waals surface area contributed by atoms with Crippen LogP contribution in [0.1, 0.15) is 44.1 Å². The molecule has 3 aromatic heterocycles. The monoisotopic (exact) mass is 492 g/mol. The number of thiophene rings is 1. The Labute approximate surface area is 207 Å². The number of pyridine rings is 1. The quantitative estimate of drug-likeness (QED) is 0.270. The Balaban J connectivity index is 1.50. The van der Waals surface area contributed by atoms with Crippen LogP contribution in [0, 0.1) is 0 Å². The molecule has 1 aromatic carbocycles. The van der Waals surface area contributed by atoms with E-state index < -0.39 is 0 Å². The number of thioether (sulfide) groups is 1. The number of aromatic nitrogens is 3. The van der Waals surface area contributed by atoms with Gasteiger partial charge in [-0.05, 0) is 36.5 Å². The topological polar surface area (TPSA) is 68.1 Å². The summed E-state index contributed by atoms with van der Waals surface area (Å²) in [6.45, 7) is 4.28.